The van der Waals surface area contributed by atoms with Crippen LogP contribution in [0.3, 0.4) is 0 Å². The molecule has 4 fully saturated rings. The van der Waals surface area contributed by atoms with Crippen LogP contribution in [-0.2, 0) is 23.9 Å². The van der Waals surface area contributed by atoms with E-state index < -0.39 is 35.1 Å². The molecule has 192 valence electrons. The molecule has 4 aliphatic heterocycles. The average Bonchev–Trinajstić information content (AvgIpc) is 3.38. The molecule has 0 saturated carbocycles. The molecule has 4 rings (SSSR count). The SMILES string of the molecule is CNC(=O)[C@@H]1[C@H]2C(=O)N([C@@H](CO)CC(C)C)C(C(=O)NCCN3CCOCC3)C23CC[C@@]1(C)O3. The van der Waals surface area contributed by atoms with Crippen molar-refractivity contribution >= 4 is 17.7 Å². The first-order valence-electron chi connectivity index (χ1n) is 12.6. The first-order chi connectivity index (χ1) is 16.2. The Labute approximate surface area is 201 Å². The zero-order valence-electron chi connectivity index (χ0n) is 20.8. The standard InChI is InChI=1S/C24H40N4O6/c1-15(2)13-16(14-29)28-19(21(31)26-7-8-27-9-11-33-12-10-27)24-6-5-23(3,34-24)17(20(30)25-4)18(24)22(28)32/h15-19,29H,5-14H2,1-4H3,(H,25,30)(H,26,31)/t16-,17+,18+,19?,23-,24?/m1/s1. The van der Waals surface area contributed by atoms with Crippen molar-refractivity contribution in [3.05, 3.63) is 0 Å². The number of nitrogens with zero attached hydrogens (tertiary/aromatic N) is 2. The maximum absolute atomic E-state index is 13.9. The van der Waals surface area contributed by atoms with Crippen molar-refractivity contribution in [1.29, 1.82) is 0 Å². The lowest BCUT2D eigenvalue weighted by Gasteiger charge is -2.37. The number of ether oxygens (including phenoxy) is 2. The number of likely N-dealkylation sites (tertiary alicyclic amines) is 1. The quantitative estimate of drug-likeness (QED) is 0.401. The Hall–Kier alpha value is -1.75. The molecular formula is C24H40N4O6. The Bertz CT molecular complexity index is 802. The Morgan fingerprint density at radius 1 is 1.21 bits per heavy atom. The summed E-state index contributed by atoms with van der Waals surface area (Å²) in [5.41, 5.74) is -1.85. The lowest BCUT2D eigenvalue weighted by molar-refractivity contribution is -0.150. The van der Waals surface area contributed by atoms with Crippen molar-refractivity contribution in [3.8, 4) is 0 Å². The molecule has 4 saturated heterocycles. The van der Waals surface area contributed by atoms with Gasteiger partial charge in [-0.25, -0.2) is 0 Å². The summed E-state index contributed by atoms with van der Waals surface area (Å²) in [6, 6.07) is -1.38. The van der Waals surface area contributed by atoms with Crippen molar-refractivity contribution in [2.45, 2.75) is 63.3 Å². The molecule has 0 aromatic carbocycles. The Balaban J connectivity index is 1.62. The van der Waals surface area contributed by atoms with Gasteiger partial charge in [0, 0.05) is 33.2 Å². The number of aliphatic hydroxyl groups is 1. The second-order valence-electron chi connectivity index (χ2n) is 10.8. The number of nitrogens with one attached hydrogen (secondary N) is 2. The molecule has 0 aliphatic carbocycles. The number of hydrogen-bond donors (Lipinski definition) is 3. The van der Waals surface area contributed by atoms with Crippen LogP contribution in [0.5, 0.6) is 0 Å². The van der Waals surface area contributed by atoms with Crippen LogP contribution in [-0.4, -0.2) is 109 Å². The molecule has 4 aliphatic rings. The summed E-state index contributed by atoms with van der Waals surface area (Å²) in [4.78, 5) is 44.3. The lowest BCUT2D eigenvalue weighted by Crippen LogP contribution is -2.58. The zero-order chi connectivity index (χ0) is 24.7. The first kappa shape index (κ1) is 25.3. The molecule has 10 nitrogen and oxygen atoms in total. The van der Waals surface area contributed by atoms with Gasteiger partial charge >= 0.3 is 0 Å². The largest absolute Gasteiger partial charge is 0.394 e. The fourth-order valence-electron chi connectivity index (χ4n) is 6.69. The van der Waals surface area contributed by atoms with Crippen LogP contribution in [0, 0.1) is 17.8 Å². The van der Waals surface area contributed by atoms with E-state index in [1.165, 1.54) is 0 Å². The fourth-order valence-corrected chi connectivity index (χ4v) is 6.69. The van der Waals surface area contributed by atoms with Crippen LogP contribution in [0.2, 0.25) is 0 Å². The van der Waals surface area contributed by atoms with Crippen molar-refractivity contribution in [1.82, 2.24) is 20.4 Å². The predicted molar refractivity (Wildman–Crippen MR) is 124 cm³/mol. The van der Waals surface area contributed by atoms with Gasteiger partial charge in [0.2, 0.25) is 17.7 Å². The topological polar surface area (TPSA) is 120 Å². The summed E-state index contributed by atoms with van der Waals surface area (Å²) in [5.74, 6) is -1.94. The number of amides is 3. The minimum absolute atomic E-state index is 0.220. The number of carbonyl (C=O) groups excluding carboxylic acids is 3. The molecule has 10 heteroatoms. The molecule has 3 amide bonds. The van der Waals surface area contributed by atoms with E-state index in [1.54, 1.807) is 11.9 Å². The third-order valence-corrected chi connectivity index (χ3v) is 8.17. The van der Waals surface area contributed by atoms with Gasteiger partial charge in [0.05, 0.1) is 43.3 Å². The molecule has 4 heterocycles. The highest BCUT2D eigenvalue weighted by Gasteiger charge is 2.78. The number of aliphatic hydroxyl groups excluding tert-OH is 1. The summed E-state index contributed by atoms with van der Waals surface area (Å²) in [6.45, 7) is 9.84. The molecule has 0 aromatic heterocycles. The molecule has 1 spiro atoms. The smallest absolute Gasteiger partial charge is 0.245 e. The van der Waals surface area contributed by atoms with Crippen molar-refractivity contribution < 1.29 is 29.0 Å². The van der Waals surface area contributed by atoms with Gasteiger partial charge in [0.1, 0.15) is 11.6 Å². The molecule has 2 bridgehead atoms. The molecule has 34 heavy (non-hydrogen) atoms. The van der Waals surface area contributed by atoms with E-state index >= 15 is 0 Å². The lowest BCUT2D eigenvalue weighted by atomic mass is 9.66. The molecule has 6 atom stereocenters. The van der Waals surface area contributed by atoms with E-state index in [9.17, 15) is 19.5 Å². The number of carbonyl (C=O) groups is 3. The molecule has 0 radical (unpaired) electrons. The summed E-state index contributed by atoms with van der Waals surface area (Å²) in [6.07, 6.45) is 1.70. The Kier molecular flexibility index (Phi) is 7.24. The summed E-state index contributed by atoms with van der Waals surface area (Å²) < 4.78 is 11.9. The second-order valence-corrected chi connectivity index (χ2v) is 10.8. The number of fused-ring (bicyclic) bond motifs is 1. The maximum atomic E-state index is 13.9. The second kappa shape index (κ2) is 9.72. The maximum Gasteiger partial charge on any atom is 0.245 e. The minimum atomic E-state index is -1.06. The van der Waals surface area contributed by atoms with Gasteiger partial charge < -0.3 is 30.1 Å². The first-order valence-corrected chi connectivity index (χ1v) is 12.6. The average molecular weight is 481 g/mol. The van der Waals surface area contributed by atoms with Gasteiger partial charge in [0.15, 0.2) is 0 Å². The molecule has 3 N–H and O–H groups in total. The van der Waals surface area contributed by atoms with Crippen LogP contribution in [0.15, 0.2) is 0 Å². The van der Waals surface area contributed by atoms with E-state index in [0.717, 1.165) is 13.1 Å². The van der Waals surface area contributed by atoms with Crippen LogP contribution >= 0.6 is 0 Å². The summed E-state index contributed by atoms with van der Waals surface area (Å²) in [7, 11) is 1.56. The van der Waals surface area contributed by atoms with E-state index in [4.69, 9.17) is 9.47 Å². The fraction of sp³-hybridized carbons (Fsp3) is 0.875. The van der Waals surface area contributed by atoms with Gasteiger partial charge in [-0.05, 0) is 32.1 Å². The van der Waals surface area contributed by atoms with Gasteiger partial charge in [-0.3, -0.25) is 19.3 Å². The van der Waals surface area contributed by atoms with Crippen molar-refractivity contribution in [2.24, 2.45) is 17.8 Å². The van der Waals surface area contributed by atoms with Gasteiger partial charge in [-0.2, -0.15) is 0 Å². The minimum Gasteiger partial charge on any atom is -0.394 e. The third kappa shape index (κ3) is 4.12. The van der Waals surface area contributed by atoms with E-state index in [2.05, 4.69) is 15.5 Å². The molecule has 2 unspecified atom stereocenters. The van der Waals surface area contributed by atoms with Crippen molar-refractivity contribution in [3.63, 3.8) is 0 Å². The zero-order valence-corrected chi connectivity index (χ0v) is 20.8. The summed E-state index contributed by atoms with van der Waals surface area (Å²) in [5, 5.41) is 16.0. The highest BCUT2D eigenvalue weighted by Crippen LogP contribution is 2.63. The highest BCUT2D eigenvalue weighted by molar-refractivity contribution is 5.99. The predicted octanol–water partition coefficient (Wildman–Crippen LogP) is -0.647. The normalized spacial score (nSPS) is 36.1. The number of morpholine rings is 1. The Morgan fingerprint density at radius 3 is 2.53 bits per heavy atom. The monoisotopic (exact) mass is 480 g/mol. The van der Waals surface area contributed by atoms with Gasteiger partial charge in [-0.15, -0.1) is 0 Å². The summed E-state index contributed by atoms with van der Waals surface area (Å²) >= 11 is 0. The van der Waals surface area contributed by atoms with E-state index in [1.807, 2.05) is 20.8 Å². The molecular weight excluding hydrogens is 440 g/mol. The van der Waals surface area contributed by atoms with E-state index in [-0.39, 0.29) is 30.2 Å². The van der Waals surface area contributed by atoms with Gasteiger partial charge in [0.25, 0.3) is 0 Å². The van der Waals surface area contributed by atoms with Crippen LogP contribution in [0.25, 0.3) is 0 Å². The number of hydrogen-bond acceptors (Lipinski definition) is 7. The highest BCUT2D eigenvalue weighted by atomic mass is 16.5. The van der Waals surface area contributed by atoms with Crippen LogP contribution in [0.1, 0.15) is 40.0 Å². The van der Waals surface area contributed by atoms with Crippen LogP contribution in [0.4, 0.5) is 0 Å². The van der Waals surface area contributed by atoms with Crippen molar-refractivity contribution in [2.75, 3.05) is 53.0 Å². The van der Waals surface area contributed by atoms with Crippen LogP contribution < -0.4 is 10.6 Å². The molecule has 0 aromatic rings. The third-order valence-electron chi connectivity index (χ3n) is 8.17. The Morgan fingerprint density at radius 2 is 1.91 bits per heavy atom. The van der Waals surface area contributed by atoms with E-state index in [0.29, 0.717) is 45.6 Å². The number of rotatable bonds is 9. The van der Waals surface area contributed by atoms with Gasteiger partial charge in [-0.1, -0.05) is 13.8 Å².